The van der Waals surface area contributed by atoms with E-state index in [0.717, 1.165) is 42.4 Å². The molecule has 2 saturated carbocycles. The predicted molar refractivity (Wildman–Crippen MR) is 86.2 cm³/mol. The minimum atomic E-state index is 0.491. The van der Waals surface area contributed by atoms with Crippen LogP contribution in [0.25, 0.3) is 0 Å². The SMILES string of the molecule is CC(C)NCc1cnc(N(C)CC2CC3CCC2C3)nc1. The number of rotatable bonds is 6. The average Bonchev–Trinajstić information content (AvgIpc) is 3.08. The molecular weight excluding hydrogens is 260 g/mol. The van der Waals surface area contributed by atoms with Crippen LogP contribution in [0.2, 0.25) is 0 Å². The Morgan fingerprint density at radius 1 is 1.24 bits per heavy atom. The van der Waals surface area contributed by atoms with E-state index in [2.05, 4.69) is 41.1 Å². The number of anilines is 1. The molecule has 2 bridgehead atoms. The summed E-state index contributed by atoms with van der Waals surface area (Å²) in [7, 11) is 2.13. The molecule has 1 heterocycles. The highest BCUT2D eigenvalue weighted by Crippen LogP contribution is 2.48. The lowest BCUT2D eigenvalue weighted by Crippen LogP contribution is -2.30. The standard InChI is InChI=1S/C17H28N4/c1-12(2)18-8-14-9-19-17(20-10-14)21(3)11-16-7-13-4-5-15(16)6-13/h9-10,12-13,15-16,18H,4-8,11H2,1-3H3. The summed E-state index contributed by atoms with van der Waals surface area (Å²) in [6, 6.07) is 0.491. The summed E-state index contributed by atoms with van der Waals surface area (Å²) in [6.07, 6.45) is 9.72. The Balaban J connectivity index is 1.53. The van der Waals surface area contributed by atoms with E-state index in [4.69, 9.17) is 0 Å². The van der Waals surface area contributed by atoms with Crippen molar-refractivity contribution in [1.29, 1.82) is 0 Å². The summed E-state index contributed by atoms with van der Waals surface area (Å²) < 4.78 is 0. The largest absolute Gasteiger partial charge is 0.344 e. The molecule has 116 valence electrons. The third-order valence-electron chi connectivity index (χ3n) is 5.14. The molecule has 0 amide bonds. The van der Waals surface area contributed by atoms with Crippen LogP contribution in [0.4, 0.5) is 5.95 Å². The van der Waals surface area contributed by atoms with E-state index >= 15 is 0 Å². The van der Waals surface area contributed by atoms with Gasteiger partial charge in [-0.2, -0.15) is 0 Å². The number of hydrogen-bond donors (Lipinski definition) is 1. The summed E-state index contributed by atoms with van der Waals surface area (Å²) in [5.74, 6) is 3.71. The van der Waals surface area contributed by atoms with Crippen LogP contribution in [-0.2, 0) is 6.54 Å². The lowest BCUT2D eigenvalue weighted by atomic mass is 9.88. The number of nitrogens with one attached hydrogen (secondary N) is 1. The van der Waals surface area contributed by atoms with E-state index in [1.807, 2.05) is 12.4 Å². The third-order valence-corrected chi connectivity index (χ3v) is 5.14. The van der Waals surface area contributed by atoms with Gasteiger partial charge in [0.15, 0.2) is 0 Å². The minimum Gasteiger partial charge on any atom is -0.344 e. The van der Waals surface area contributed by atoms with Crippen molar-refractivity contribution in [3.8, 4) is 0 Å². The maximum absolute atomic E-state index is 4.54. The molecule has 0 aliphatic heterocycles. The van der Waals surface area contributed by atoms with Gasteiger partial charge in [-0.25, -0.2) is 9.97 Å². The van der Waals surface area contributed by atoms with E-state index in [1.165, 1.54) is 25.7 Å². The molecule has 1 aromatic rings. The highest BCUT2D eigenvalue weighted by Gasteiger charge is 2.39. The molecule has 2 aliphatic rings. The van der Waals surface area contributed by atoms with Crippen molar-refractivity contribution < 1.29 is 0 Å². The van der Waals surface area contributed by atoms with Gasteiger partial charge in [-0.15, -0.1) is 0 Å². The molecule has 1 aromatic heterocycles. The molecule has 0 saturated heterocycles. The summed E-state index contributed by atoms with van der Waals surface area (Å²) in [4.78, 5) is 11.3. The highest BCUT2D eigenvalue weighted by molar-refractivity contribution is 5.28. The zero-order valence-electron chi connectivity index (χ0n) is 13.5. The van der Waals surface area contributed by atoms with Crippen LogP contribution >= 0.6 is 0 Å². The van der Waals surface area contributed by atoms with E-state index < -0.39 is 0 Å². The zero-order valence-corrected chi connectivity index (χ0v) is 13.5. The maximum atomic E-state index is 4.54. The molecule has 0 spiro atoms. The van der Waals surface area contributed by atoms with E-state index in [9.17, 15) is 0 Å². The molecule has 3 unspecified atom stereocenters. The van der Waals surface area contributed by atoms with Gasteiger partial charge in [0, 0.05) is 44.1 Å². The van der Waals surface area contributed by atoms with E-state index in [-0.39, 0.29) is 0 Å². The molecule has 21 heavy (non-hydrogen) atoms. The van der Waals surface area contributed by atoms with Gasteiger partial charge < -0.3 is 10.2 Å². The Kier molecular flexibility index (Phi) is 4.43. The fourth-order valence-electron chi connectivity index (χ4n) is 3.99. The fraction of sp³-hybridized carbons (Fsp3) is 0.765. The Labute approximate surface area is 128 Å². The summed E-state index contributed by atoms with van der Waals surface area (Å²) in [5, 5.41) is 3.39. The van der Waals surface area contributed by atoms with Crippen LogP contribution in [0.5, 0.6) is 0 Å². The summed E-state index contributed by atoms with van der Waals surface area (Å²) in [5.41, 5.74) is 1.15. The van der Waals surface area contributed by atoms with E-state index in [1.54, 1.807) is 0 Å². The number of hydrogen-bond acceptors (Lipinski definition) is 4. The Morgan fingerprint density at radius 2 is 2.00 bits per heavy atom. The number of nitrogens with zero attached hydrogens (tertiary/aromatic N) is 3. The molecule has 3 rings (SSSR count). The van der Waals surface area contributed by atoms with Crippen molar-refractivity contribution in [2.24, 2.45) is 17.8 Å². The third kappa shape index (κ3) is 3.54. The first-order valence-corrected chi connectivity index (χ1v) is 8.37. The molecule has 1 N–H and O–H groups in total. The molecule has 0 radical (unpaired) electrons. The minimum absolute atomic E-state index is 0.491. The van der Waals surface area contributed by atoms with Crippen molar-refractivity contribution in [2.75, 3.05) is 18.5 Å². The van der Waals surface area contributed by atoms with Crippen LogP contribution in [-0.4, -0.2) is 29.6 Å². The predicted octanol–water partition coefficient (Wildman–Crippen LogP) is 2.85. The monoisotopic (exact) mass is 288 g/mol. The maximum Gasteiger partial charge on any atom is 0.225 e. The van der Waals surface area contributed by atoms with Crippen LogP contribution in [0.1, 0.15) is 45.1 Å². The number of fused-ring (bicyclic) bond motifs is 2. The van der Waals surface area contributed by atoms with Gasteiger partial charge in [0.25, 0.3) is 0 Å². The zero-order chi connectivity index (χ0) is 14.8. The van der Waals surface area contributed by atoms with Crippen molar-refractivity contribution >= 4 is 5.95 Å². The Hall–Kier alpha value is -1.16. The molecule has 2 fully saturated rings. The molecule has 2 aliphatic carbocycles. The van der Waals surface area contributed by atoms with Gasteiger partial charge >= 0.3 is 0 Å². The highest BCUT2D eigenvalue weighted by atomic mass is 15.2. The van der Waals surface area contributed by atoms with Gasteiger partial charge in [-0.05, 0) is 37.0 Å². The fourth-order valence-corrected chi connectivity index (χ4v) is 3.99. The van der Waals surface area contributed by atoms with Crippen molar-refractivity contribution in [3.05, 3.63) is 18.0 Å². The van der Waals surface area contributed by atoms with Gasteiger partial charge in [0.1, 0.15) is 0 Å². The van der Waals surface area contributed by atoms with Crippen LogP contribution < -0.4 is 10.2 Å². The number of aromatic nitrogens is 2. The van der Waals surface area contributed by atoms with Crippen LogP contribution in [0.15, 0.2) is 12.4 Å². The molecule has 0 aromatic carbocycles. The first-order chi connectivity index (χ1) is 10.1. The second-order valence-corrected chi connectivity index (χ2v) is 7.24. The lowest BCUT2D eigenvalue weighted by Gasteiger charge is -2.27. The molecular formula is C17H28N4. The van der Waals surface area contributed by atoms with E-state index in [0.29, 0.717) is 6.04 Å². The van der Waals surface area contributed by atoms with Gasteiger partial charge in [-0.3, -0.25) is 0 Å². The van der Waals surface area contributed by atoms with Crippen molar-refractivity contribution in [2.45, 2.75) is 52.1 Å². The van der Waals surface area contributed by atoms with Crippen LogP contribution in [0, 0.1) is 17.8 Å². The normalized spacial score (nSPS) is 27.5. The second-order valence-electron chi connectivity index (χ2n) is 7.24. The Morgan fingerprint density at radius 3 is 2.57 bits per heavy atom. The summed E-state index contributed by atoms with van der Waals surface area (Å²) >= 11 is 0. The van der Waals surface area contributed by atoms with Crippen LogP contribution in [0.3, 0.4) is 0 Å². The smallest absolute Gasteiger partial charge is 0.225 e. The molecule has 3 atom stereocenters. The second kappa shape index (κ2) is 6.30. The first-order valence-electron chi connectivity index (χ1n) is 8.37. The first kappa shape index (κ1) is 14.8. The summed E-state index contributed by atoms with van der Waals surface area (Å²) in [6.45, 7) is 6.26. The molecule has 4 nitrogen and oxygen atoms in total. The quantitative estimate of drug-likeness (QED) is 0.874. The average molecular weight is 288 g/mol. The van der Waals surface area contributed by atoms with Crippen molar-refractivity contribution in [3.63, 3.8) is 0 Å². The Bertz CT molecular complexity index is 456. The van der Waals surface area contributed by atoms with Gasteiger partial charge in [-0.1, -0.05) is 20.3 Å². The van der Waals surface area contributed by atoms with Gasteiger partial charge in [0.2, 0.25) is 5.95 Å². The lowest BCUT2D eigenvalue weighted by molar-refractivity contribution is 0.336. The van der Waals surface area contributed by atoms with Crippen molar-refractivity contribution in [1.82, 2.24) is 15.3 Å². The topological polar surface area (TPSA) is 41.1 Å². The molecule has 4 heteroatoms. The van der Waals surface area contributed by atoms with Gasteiger partial charge in [0.05, 0.1) is 0 Å².